The molecule has 0 aliphatic heterocycles. The molecule has 1 aromatic carbocycles. The number of aromatic carboxylic acids is 1. The Morgan fingerprint density at radius 1 is 1.44 bits per heavy atom. The van der Waals surface area contributed by atoms with Gasteiger partial charge in [0.05, 0.1) is 17.2 Å². The van der Waals surface area contributed by atoms with Crippen molar-refractivity contribution >= 4 is 5.97 Å². The van der Waals surface area contributed by atoms with Gasteiger partial charge in [0.1, 0.15) is 0 Å². The molecule has 18 heavy (non-hydrogen) atoms. The molecule has 0 fully saturated rings. The summed E-state index contributed by atoms with van der Waals surface area (Å²) >= 11 is 0. The summed E-state index contributed by atoms with van der Waals surface area (Å²) in [6.07, 6.45) is 2.34. The van der Waals surface area contributed by atoms with Crippen LogP contribution in [0.1, 0.15) is 28.5 Å². The van der Waals surface area contributed by atoms with Crippen molar-refractivity contribution in [1.29, 1.82) is 5.26 Å². The highest BCUT2D eigenvalue weighted by atomic mass is 16.4. The predicted octanol–water partition coefficient (Wildman–Crippen LogP) is 2.61. The molecule has 0 aliphatic carbocycles. The van der Waals surface area contributed by atoms with Crippen LogP contribution < -0.4 is 0 Å². The fourth-order valence-electron chi connectivity index (χ4n) is 1.99. The molecule has 0 aliphatic rings. The van der Waals surface area contributed by atoms with Crippen molar-refractivity contribution < 1.29 is 9.90 Å². The molecule has 0 amide bonds. The zero-order valence-corrected chi connectivity index (χ0v) is 9.92. The van der Waals surface area contributed by atoms with Crippen molar-refractivity contribution in [2.24, 2.45) is 0 Å². The Morgan fingerprint density at radius 3 is 2.83 bits per heavy atom. The SMILES string of the molecule is CCc1c(C(=O)O)ccn1-c1cccc(C#N)c1. The molecule has 0 spiro atoms. The maximum atomic E-state index is 11.1. The van der Waals surface area contributed by atoms with E-state index in [9.17, 15) is 4.79 Å². The minimum atomic E-state index is -0.929. The molecule has 0 radical (unpaired) electrons. The summed E-state index contributed by atoms with van der Waals surface area (Å²) in [5.41, 5.74) is 2.40. The number of benzene rings is 1. The van der Waals surface area contributed by atoms with Crippen LogP contribution in [-0.2, 0) is 6.42 Å². The van der Waals surface area contributed by atoms with Crippen molar-refractivity contribution in [1.82, 2.24) is 4.57 Å². The lowest BCUT2D eigenvalue weighted by Gasteiger charge is -2.08. The van der Waals surface area contributed by atoms with Gasteiger partial charge in [0.25, 0.3) is 0 Å². The average molecular weight is 240 g/mol. The van der Waals surface area contributed by atoms with Gasteiger partial charge in [-0.1, -0.05) is 13.0 Å². The van der Waals surface area contributed by atoms with Gasteiger partial charge in [-0.15, -0.1) is 0 Å². The van der Waals surface area contributed by atoms with E-state index in [0.29, 0.717) is 17.5 Å². The van der Waals surface area contributed by atoms with Gasteiger partial charge >= 0.3 is 5.97 Å². The first-order valence-corrected chi connectivity index (χ1v) is 5.61. The Balaban J connectivity index is 2.57. The largest absolute Gasteiger partial charge is 0.478 e. The number of rotatable bonds is 3. The topological polar surface area (TPSA) is 66.0 Å². The number of hydrogen-bond acceptors (Lipinski definition) is 2. The van der Waals surface area contributed by atoms with E-state index in [1.54, 1.807) is 30.5 Å². The van der Waals surface area contributed by atoms with Crippen LogP contribution in [0.15, 0.2) is 36.5 Å². The van der Waals surface area contributed by atoms with Crippen molar-refractivity contribution in [3.05, 3.63) is 53.3 Å². The number of nitriles is 1. The molecule has 0 saturated heterocycles. The maximum Gasteiger partial charge on any atom is 0.337 e. The van der Waals surface area contributed by atoms with E-state index in [0.717, 1.165) is 11.4 Å². The van der Waals surface area contributed by atoms with E-state index in [1.807, 2.05) is 17.6 Å². The standard InChI is InChI=1S/C14H12N2O2/c1-2-13-12(14(17)18)6-7-16(13)11-5-3-4-10(8-11)9-15/h3-8H,2H2,1H3,(H,17,18). The fraction of sp³-hybridized carbons (Fsp3) is 0.143. The first-order valence-electron chi connectivity index (χ1n) is 5.61. The number of nitrogens with zero attached hydrogens (tertiary/aromatic N) is 2. The van der Waals surface area contributed by atoms with E-state index in [4.69, 9.17) is 10.4 Å². The second-order valence-electron chi connectivity index (χ2n) is 3.87. The summed E-state index contributed by atoms with van der Waals surface area (Å²) in [4.78, 5) is 11.1. The predicted molar refractivity (Wildman–Crippen MR) is 66.8 cm³/mol. The van der Waals surface area contributed by atoms with Gasteiger partial charge in [0.15, 0.2) is 0 Å². The molecule has 0 unspecified atom stereocenters. The number of carbonyl (C=O) groups is 1. The van der Waals surface area contributed by atoms with Gasteiger partial charge in [0.2, 0.25) is 0 Å². The van der Waals surface area contributed by atoms with E-state index in [-0.39, 0.29) is 0 Å². The third kappa shape index (κ3) is 1.98. The third-order valence-electron chi connectivity index (χ3n) is 2.81. The average Bonchev–Trinajstić information content (AvgIpc) is 2.82. The Hall–Kier alpha value is -2.54. The van der Waals surface area contributed by atoms with Crippen LogP contribution in [0, 0.1) is 11.3 Å². The summed E-state index contributed by atoms with van der Waals surface area (Å²) in [7, 11) is 0. The summed E-state index contributed by atoms with van der Waals surface area (Å²) in [6, 6.07) is 10.8. The zero-order chi connectivity index (χ0) is 13.1. The summed E-state index contributed by atoms with van der Waals surface area (Å²) < 4.78 is 1.81. The van der Waals surface area contributed by atoms with Crippen molar-refractivity contribution in [2.45, 2.75) is 13.3 Å². The van der Waals surface area contributed by atoms with Gasteiger partial charge in [0, 0.05) is 17.6 Å². The highest BCUT2D eigenvalue weighted by Gasteiger charge is 2.14. The van der Waals surface area contributed by atoms with Gasteiger partial charge in [-0.3, -0.25) is 0 Å². The van der Waals surface area contributed by atoms with E-state index in [1.165, 1.54) is 0 Å². The lowest BCUT2D eigenvalue weighted by Crippen LogP contribution is -2.04. The van der Waals surface area contributed by atoms with E-state index >= 15 is 0 Å². The number of hydrogen-bond donors (Lipinski definition) is 1. The van der Waals surface area contributed by atoms with Crippen molar-refractivity contribution in [2.75, 3.05) is 0 Å². The van der Waals surface area contributed by atoms with Crippen molar-refractivity contribution in [3.63, 3.8) is 0 Å². The quantitative estimate of drug-likeness (QED) is 0.896. The van der Waals surface area contributed by atoms with Gasteiger partial charge in [-0.2, -0.15) is 5.26 Å². The molecule has 0 saturated carbocycles. The molecule has 1 aromatic heterocycles. The lowest BCUT2D eigenvalue weighted by molar-refractivity contribution is 0.0696. The van der Waals surface area contributed by atoms with Crippen molar-refractivity contribution in [3.8, 4) is 11.8 Å². The Morgan fingerprint density at radius 2 is 2.22 bits per heavy atom. The van der Waals surface area contributed by atoms with Crippen LogP contribution in [-0.4, -0.2) is 15.6 Å². The number of carboxylic acid groups (broad SMARTS) is 1. The molecule has 4 nitrogen and oxygen atoms in total. The smallest absolute Gasteiger partial charge is 0.337 e. The molecular weight excluding hydrogens is 228 g/mol. The van der Waals surface area contributed by atoms with Crippen LogP contribution >= 0.6 is 0 Å². The Bertz CT molecular complexity index is 635. The molecule has 4 heteroatoms. The molecule has 2 rings (SSSR count). The first kappa shape index (κ1) is 11.9. The molecular formula is C14H12N2O2. The highest BCUT2D eigenvalue weighted by Crippen LogP contribution is 2.19. The van der Waals surface area contributed by atoms with Crippen LogP contribution in [0.25, 0.3) is 5.69 Å². The van der Waals surface area contributed by atoms with Crippen LogP contribution in [0.2, 0.25) is 0 Å². The molecule has 0 bridgehead atoms. The summed E-state index contributed by atoms with van der Waals surface area (Å²) in [5, 5.41) is 18.0. The normalized spacial score (nSPS) is 10.0. The van der Waals surface area contributed by atoms with Gasteiger partial charge in [-0.05, 0) is 30.7 Å². The number of aromatic nitrogens is 1. The van der Waals surface area contributed by atoms with E-state index < -0.39 is 5.97 Å². The molecule has 1 N–H and O–H groups in total. The van der Waals surface area contributed by atoms with E-state index in [2.05, 4.69) is 6.07 Å². The lowest BCUT2D eigenvalue weighted by atomic mass is 10.2. The Labute approximate surface area is 105 Å². The number of carboxylic acids is 1. The van der Waals surface area contributed by atoms with Gasteiger partial charge < -0.3 is 9.67 Å². The second kappa shape index (κ2) is 4.76. The molecule has 2 aromatic rings. The second-order valence-corrected chi connectivity index (χ2v) is 3.87. The zero-order valence-electron chi connectivity index (χ0n) is 9.92. The first-order chi connectivity index (χ1) is 8.67. The maximum absolute atomic E-state index is 11.1. The summed E-state index contributed by atoms with van der Waals surface area (Å²) in [6.45, 7) is 1.91. The fourth-order valence-corrected chi connectivity index (χ4v) is 1.99. The summed E-state index contributed by atoms with van der Waals surface area (Å²) in [5.74, 6) is -0.929. The van der Waals surface area contributed by atoms with Crippen LogP contribution in [0.5, 0.6) is 0 Å². The van der Waals surface area contributed by atoms with Crippen LogP contribution in [0.3, 0.4) is 0 Å². The third-order valence-corrected chi connectivity index (χ3v) is 2.81. The monoisotopic (exact) mass is 240 g/mol. The molecule has 90 valence electrons. The highest BCUT2D eigenvalue weighted by molar-refractivity contribution is 5.89. The minimum absolute atomic E-state index is 0.305. The minimum Gasteiger partial charge on any atom is -0.478 e. The van der Waals surface area contributed by atoms with Crippen LogP contribution in [0.4, 0.5) is 0 Å². The van der Waals surface area contributed by atoms with Gasteiger partial charge in [-0.25, -0.2) is 4.79 Å². The Kier molecular flexibility index (Phi) is 3.16. The molecule has 0 atom stereocenters. The molecule has 1 heterocycles.